The van der Waals surface area contributed by atoms with Gasteiger partial charge in [0.2, 0.25) is 0 Å². The minimum Gasteiger partial charge on any atom is -0.493 e. The Labute approximate surface area is 109 Å². The molecule has 1 N–H and O–H groups in total. The van der Waals surface area contributed by atoms with Crippen LogP contribution < -0.4 is 10.1 Å². The highest BCUT2D eigenvalue weighted by Crippen LogP contribution is 2.34. The van der Waals surface area contributed by atoms with Crippen molar-refractivity contribution in [3.8, 4) is 5.75 Å². The molecule has 0 aliphatic rings. The van der Waals surface area contributed by atoms with E-state index in [2.05, 4.69) is 31.2 Å². The molecule has 104 valence electrons. The highest BCUT2D eigenvalue weighted by atomic mass is 16.5. The van der Waals surface area contributed by atoms with E-state index >= 15 is 0 Å². The normalized spacial score (nSPS) is 13.7. The van der Waals surface area contributed by atoms with Gasteiger partial charge in [-0.2, -0.15) is 5.10 Å². The molecule has 1 aromatic rings. The van der Waals surface area contributed by atoms with Crippen molar-refractivity contribution in [3.05, 3.63) is 11.9 Å². The number of aryl methyl sites for hydroxylation is 1. The van der Waals surface area contributed by atoms with Crippen LogP contribution in [-0.4, -0.2) is 35.6 Å². The van der Waals surface area contributed by atoms with Crippen LogP contribution in [0.3, 0.4) is 0 Å². The van der Waals surface area contributed by atoms with E-state index in [9.17, 15) is 0 Å². The molecule has 0 amide bonds. The minimum absolute atomic E-state index is 0.0323. The van der Waals surface area contributed by atoms with E-state index in [0.29, 0.717) is 6.61 Å². The predicted molar refractivity (Wildman–Crippen MR) is 71.9 cm³/mol. The second kappa shape index (κ2) is 6.20. The molecule has 0 aliphatic carbocycles. The molecule has 5 heteroatoms. The summed E-state index contributed by atoms with van der Waals surface area (Å²) in [5.41, 5.74) is 0.684. The number of hydrogen-bond donors (Lipinski definition) is 1. The fraction of sp³-hybridized carbons (Fsp3) is 0.769. The molecule has 1 heterocycles. The van der Waals surface area contributed by atoms with Gasteiger partial charge in [0.1, 0.15) is 0 Å². The second-order valence-corrected chi connectivity index (χ2v) is 4.75. The zero-order valence-electron chi connectivity index (χ0n) is 12.3. The van der Waals surface area contributed by atoms with Crippen LogP contribution in [0.4, 0.5) is 0 Å². The topological polar surface area (TPSA) is 48.3 Å². The van der Waals surface area contributed by atoms with Crippen molar-refractivity contribution in [1.29, 1.82) is 0 Å². The number of methoxy groups -OCH3 is 1. The van der Waals surface area contributed by atoms with Crippen LogP contribution in [0.1, 0.15) is 39.4 Å². The Morgan fingerprint density at radius 3 is 2.61 bits per heavy atom. The third-order valence-electron chi connectivity index (χ3n) is 3.06. The van der Waals surface area contributed by atoms with Crippen LogP contribution in [0.2, 0.25) is 0 Å². The Morgan fingerprint density at radius 2 is 2.11 bits per heavy atom. The molecule has 0 spiro atoms. The number of likely N-dealkylation sites (N-methyl/N-ethyl adjacent to an activating group) is 1. The summed E-state index contributed by atoms with van der Waals surface area (Å²) in [6.07, 6.45) is 1.74. The lowest BCUT2D eigenvalue weighted by molar-refractivity contribution is -0.0411. The summed E-state index contributed by atoms with van der Waals surface area (Å²) in [4.78, 5) is 0. The fourth-order valence-corrected chi connectivity index (χ4v) is 2.24. The third kappa shape index (κ3) is 3.03. The molecule has 0 aromatic carbocycles. The molecule has 1 aromatic heterocycles. The molecular formula is C13H25N3O2. The third-order valence-corrected chi connectivity index (χ3v) is 3.06. The van der Waals surface area contributed by atoms with Gasteiger partial charge in [-0.05, 0) is 27.3 Å². The number of aromatic nitrogens is 2. The van der Waals surface area contributed by atoms with E-state index < -0.39 is 0 Å². The molecule has 0 saturated carbocycles. The molecule has 0 bridgehead atoms. The first-order chi connectivity index (χ1) is 8.47. The van der Waals surface area contributed by atoms with Crippen molar-refractivity contribution in [2.24, 2.45) is 7.05 Å². The first kappa shape index (κ1) is 15.0. The largest absolute Gasteiger partial charge is 0.493 e. The zero-order chi connectivity index (χ0) is 13.8. The van der Waals surface area contributed by atoms with E-state index in [4.69, 9.17) is 9.47 Å². The Hall–Kier alpha value is -1.07. The SMILES string of the molecule is CCNC(c1c(OC)cnn1C)C(C)(C)OCC. The molecular weight excluding hydrogens is 230 g/mol. The van der Waals surface area contributed by atoms with Crippen molar-refractivity contribution < 1.29 is 9.47 Å². The minimum atomic E-state index is -0.328. The second-order valence-electron chi connectivity index (χ2n) is 4.75. The summed E-state index contributed by atoms with van der Waals surface area (Å²) >= 11 is 0. The van der Waals surface area contributed by atoms with E-state index in [1.165, 1.54) is 0 Å². The monoisotopic (exact) mass is 255 g/mol. The average molecular weight is 255 g/mol. The van der Waals surface area contributed by atoms with Crippen molar-refractivity contribution in [1.82, 2.24) is 15.1 Å². The molecule has 5 nitrogen and oxygen atoms in total. The smallest absolute Gasteiger partial charge is 0.161 e. The summed E-state index contributed by atoms with van der Waals surface area (Å²) in [6, 6.07) is 0.0323. The maximum absolute atomic E-state index is 5.86. The number of ether oxygens (including phenoxy) is 2. The Bertz CT molecular complexity index is 374. The Kier molecular flexibility index (Phi) is 5.16. The molecule has 1 unspecified atom stereocenters. The number of nitrogens with one attached hydrogen (secondary N) is 1. The maximum atomic E-state index is 5.86. The number of nitrogens with zero attached hydrogens (tertiary/aromatic N) is 2. The average Bonchev–Trinajstić information content (AvgIpc) is 2.67. The van der Waals surface area contributed by atoms with Gasteiger partial charge in [0, 0.05) is 13.7 Å². The number of rotatable bonds is 7. The van der Waals surface area contributed by atoms with E-state index in [1.54, 1.807) is 13.3 Å². The summed E-state index contributed by atoms with van der Waals surface area (Å²) in [5.74, 6) is 0.788. The van der Waals surface area contributed by atoms with Crippen LogP contribution in [0.25, 0.3) is 0 Å². The van der Waals surface area contributed by atoms with Crippen molar-refractivity contribution >= 4 is 0 Å². The lowest BCUT2D eigenvalue weighted by Crippen LogP contribution is -2.42. The first-order valence-corrected chi connectivity index (χ1v) is 6.41. The van der Waals surface area contributed by atoms with Gasteiger partial charge in [-0.15, -0.1) is 0 Å². The fourth-order valence-electron chi connectivity index (χ4n) is 2.24. The molecule has 1 rings (SSSR count). The van der Waals surface area contributed by atoms with Gasteiger partial charge in [0.25, 0.3) is 0 Å². The molecule has 0 fully saturated rings. The van der Waals surface area contributed by atoms with Gasteiger partial charge >= 0.3 is 0 Å². The predicted octanol–water partition coefficient (Wildman–Crippen LogP) is 1.89. The van der Waals surface area contributed by atoms with Crippen LogP contribution in [-0.2, 0) is 11.8 Å². The summed E-state index contributed by atoms with van der Waals surface area (Å²) in [7, 11) is 3.58. The van der Waals surface area contributed by atoms with Gasteiger partial charge < -0.3 is 14.8 Å². The number of hydrogen-bond acceptors (Lipinski definition) is 4. The molecule has 18 heavy (non-hydrogen) atoms. The van der Waals surface area contributed by atoms with Crippen molar-refractivity contribution in [3.63, 3.8) is 0 Å². The van der Waals surface area contributed by atoms with Gasteiger partial charge in [-0.1, -0.05) is 6.92 Å². The van der Waals surface area contributed by atoms with Gasteiger partial charge in [-0.3, -0.25) is 4.68 Å². The summed E-state index contributed by atoms with van der Waals surface area (Å²) in [6.45, 7) is 9.78. The van der Waals surface area contributed by atoms with Crippen molar-refractivity contribution in [2.45, 2.75) is 39.3 Å². The van der Waals surface area contributed by atoms with Gasteiger partial charge in [0.05, 0.1) is 30.6 Å². The lowest BCUT2D eigenvalue weighted by Gasteiger charge is -2.35. The highest BCUT2D eigenvalue weighted by molar-refractivity contribution is 5.30. The van der Waals surface area contributed by atoms with Gasteiger partial charge in [-0.25, -0.2) is 0 Å². The molecule has 0 radical (unpaired) electrons. The van der Waals surface area contributed by atoms with Crippen LogP contribution in [0.5, 0.6) is 5.75 Å². The summed E-state index contributed by atoms with van der Waals surface area (Å²) in [5, 5.41) is 7.72. The summed E-state index contributed by atoms with van der Waals surface area (Å²) < 4.78 is 13.1. The van der Waals surface area contributed by atoms with Crippen molar-refractivity contribution in [2.75, 3.05) is 20.3 Å². The van der Waals surface area contributed by atoms with Crippen LogP contribution in [0, 0.1) is 0 Å². The van der Waals surface area contributed by atoms with Crippen LogP contribution >= 0.6 is 0 Å². The molecule has 1 atom stereocenters. The van der Waals surface area contributed by atoms with Crippen LogP contribution in [0.15, 0.2) is 6.20 Å². The first-order valence-electron chi connectivity index (χ1n) is 6.41. The highest BCUT2D eigenvalue weighted by Gasteiger charge is 2.35. The standard InChI is InChI=1S/C13H25N3O2/c1-7-14-12(13(3,4)18-8-2)11-10(17-6)9-15-16(11)5/h9,12,14H,7-8H2,1-6H3. The lowest BCUT2D eigenvalue weighted by atomic mass is 9.94. The van der Waals surface area contributed by atoms with E-state index in [-0.39, 0.29) is 11.6 Å². The quantitative estimate of drug-likeness (QED) is 0.808. The zero-order valence-corrected chi connectivity index (χ0v) is 12.3. The Morgan fingerprint density at radius 1 is 1.44 bits per heavy atom. The van der Waals surface area contributed by atoms with E-state index in [0.717, 1.165) is 18.0 Å². The molecule has 0 aliphatic heterocycles. The van der Waals surface area contributed by atoms with Gasteiger partial charge in [0.15, 0.2) is 5.75 Å². The Balaban J connectivity index is 3.14. The molecule has 0 saturated heterocycles. The van der Waals surface area contributed by atoms with E-state index in [1.807, 2.05) is 18.7 Å². The maximum Gasteiger partial charge on any atom is 0.161 e.